The zero-order valence-corrected chi connectivity index (χ0v) is 9.87. The highest BCUT2D eigenvalue weighted by molar-refractivity contribution is 5.95. The minimum absolute atomic E-state index is 0.00255. The van der Waals surface area contributed by atoms with Gasteiger partial charge in [0.25, 0.3) is 0 Å². The second-order valence-electron chi connectivity index (χ2n) is 4.79. The minimum atomic E-state index is -0.331. The van der Waals surface area contributed by atoms with Gasteiger partial charge in [0.1, 0.15) is 12.6 Å². The highest BCUT2D eigenvalue weighted by Crippen LogP contribution is 2.34. The highest BCUT2D eigenvalue weighted by Gasteiger charge is 2.42. The van der Waals surface area contributed by atoms with E-state index in [1.807, 2.05) is 0 Å². The van der Waals surface area contributed by atoms with Crippen molar-refractivity contribution >= 4 is 11.8 Å². The molecule has 1 unspecified atom stereocenters. The Labute approximate surface area is 104 Å². The molecular weight excluding hydrogens is 232 g/mol. The summed E-state index contributed by atoms with van der Waals surface area (Å²) < 4.78 is 0. The summed E-state index contributed by atoms with van der Waals surface area (Å²) in [5.41, 5.74) is 0.704. The van der Waals surface area contributed by atoms with Crippen molar-refractivity contribution in [2.45, 2.75) is 25.4 Å². The van der Waals surface area contributed by atoms with E-state index in [0.29, 0.717) is 18.2 Å². The molecule has 2 heterocycles. The first kappa shape index (κ1) is 11.1. The fourth-order valence-corrected chi connectivity index (χ4v) is 2.22. The number of amides is 2. The molecule has 1 saturated carbocycles. The first-order valence-corrected chi connectivity index (χ1v) is 6.09. The van der Waals surface area contributed by atoms with E-state index in [2.05, 4.69) is 15.5 Å². The van der Waals surface area contributed by atoms with Gasteiger partial charge in [-0.25, -0.2) is 0 Å². The van der Waals surface area contributed by atoms with Gasteiger partial charge in [0.2, 0.25) is 11.8 Å². The molecule has 1 saturated heterocycles. The molecule has 18 heavy (non-hydrogen) atoms. The lowest BCUT2D eigenvalue weighted by molar-refractivity contribution is -0.145. The average molecular weight is 246 g/mol. The van der Waals surface area contributed by atoms with Crippen molar-refractivity contribution in [3.8, 4) is 0 Å². The number of carbonyl (C=O) groups excluding carboxylic acids is 2. The molecule has 1 aliphatic carbocycles. The standard InChI is InChI=1S/C12H14N4O2/c17-10-7-16(6-9-2-1-5-13-15-9)12(18)11(14-10)8-3-4-8/h1-2,5,8,11H,3-4,6-7H2,(H,14,17). The van der Waals surface area contributed by atoms with E-state index in [1.165, 1.54) is 0 Å². The number of nitrogens with zero attached hydrogens (tertiary/aromatic N) is 3. The predicted molar refractivity (Wildman–Crippen MR) is 62.1 cm³/mol. The molecule has 1 aromatic heterocycles. The van der Waals surface area contributed by atoms with E-state index in [9.17, 15) is 9.59 Å². The first-order chi connectivity index (χ1) is 8.74. The average Bonchev–Trinajstić information content (AvgIpc) is 3.19. The summed E-state index contributed by atoms with van der Waals surface area (Å²) in [7, 11) is 0. The Morgan fingerprint density at radius 3 is 2.89 bits per heavy atom. The predicted octanol–water partition coefficient (Wildman–Crippen LogP) is -0.286. The van der Waals surface area contributed by atoms with Crippen LogP contribution in [0.1, 0.15) is 18.5 Å². The van der Waals surface area contributed by atoms with E-state index in [4.69, 9.17) is 0 Å². The molecule has 2 amide bonds. The Morgan fingerprint density at radius 2 is 2.22 bits per heavy atom. The van der Waals surface area contributed by atoms with Crippen molar-refractivity contribution in [2.24, 2.45) is 5.92 Å². The van der Waals surface area contributed by atoms with Gasteiger partial charge in [0.15, 0.2) is 0 Å². The van der Waals surface area contributed by atoms with Gasteiger partial charge in [-0.15, -0.1) is 0 Å². The SMILES string of the molecule is O=C1CN(Cc2cccnn2)C(=O)C(C2CC2)N1. The van der Waals surface area contributed by atoms with Gasteiger partial charge in [-0.05, 0) is 30.9 Å². The summed E-state index contributed by atoms with van der Waals surface area (Å²) in [5.74, 6) is 0.240. The molecule has 0 aromatic carbocycles. The van der Waals surface area contributed by atoms with Crippen molar-refractivity contribution in [3.05, 3.63) is 24.0 Å². The Kier molecular flexibility index (Phi) is 2.70. The van der Waals surface area contributed by atoms with Crippen LogP contribution < -0.4 is 5.32 Å². The molecule has 94 valence electrons. The summed E-state index contributed by atoms with van der Waals surface area (Å²) in [4.78, 5) is 25.4. The summed E-state index contributed by atoms with van der Waals surface area (Å²) in [6.07, 6.45) is 3.63. The maximum absolute atomic E-state index is 12.2. The number of carbonyl (C=O) groups is 2. The van der Waals surface area contributed by atoms with Gasteiger partial charge in [0, 0.05) is 6.20 Å². The molecule has 2 aliphatic rings. The highest BCUT2D eigenvalue weighted by atomic mass is 16.2. The van der Waals surface area contributed by atoms with Crippen LogP contribution in [0.5, 0.6) is 0 Å². The minimum Gasteiger partial charge on any atom is -0.342 e. The number of hydrogen-bond donors (Lipinski definition) is 1. The molecule has 6 nitrogen and oxygen atoms in total. The quantitative estimate of drug-likeness (QED) is 0.795. The Bertz CT molecular complexity index is 472. The molecule has 0 bridgehead atoms. The normalized spacial score (nSPS) is 24.0. The Hall–Kier alpha value is -1.98. The molecule has 1 aromatic rings. The molecular formula is C12H14N4O2. The van der Waals surface area contributed by atoms with E-state index in [1.54, 1.807) is 23.2 Å². The summed E-state index contributed by atoms with van der Waals surface area (Å²) >= 11 is 0. The van der Waals surface area contributed by atoms with Gasteiger partial charge < -0.3 is 10.2 Å². The van der Waals surface area contributed by atoms with Crippen LogP contribution in [0, 0.1) is 5.92 Å². The largest absolute Gasteiger partial charge is 0.342 e. The molecule has 2 fully saturated rings. The van der Waals surface area contributed by atoms with Crippen LogP contribution >= 0.6 is 0 Å². The first-order valence-electron chi connectivity index (χ1n) is 6.09. The van der Waals surface area contributed by atoms with Crippen LogP contribution in [0.25, 0.3) is 0 Å². The van der Waals surface area contributed by atoms with Crippen molar-refractivity contribution in [1.29, 1.82) is 0 Å². The smallest absolute Gasteiger partial charge is 0.246 e. The van der Waals surface area contributed by atoms with Gasteiger partial charge in [0.05, 0.1) is 12.2 Å². The van der Waals surface area contributed by atoms with Crippen molar-refractivity contribution in [3.63, 3.8) is 0 Å². The number of rotatable bonds is 3. The molecule has 3 rings (SSSR count). The fourth-order valence-electron chi connectivity index (χ4n) is 2.22. The maximum Gasteiger partial charge on any atom is 0.246 e. The zero-order valence-electron chi connectivity index (χ0n) is 9.87. The molecule has 0 spiro atoms. The lowest BCUT2D eigenvalue weighted by atomic mass is 10.1. The third kappa shape index (κ3) is 2.18. The van der Waals surface area contributed by atoms with Crippen LogP contribution in [0.4, 0.5) is 0 Å². The molecule has 1 N–H and O–H groups in total. The second kappa shape index (κ2) is 4.36. The lowest BCUT2D eigenvalue weighted by Crippen LogP contribution is -2.58. The lowest BCUT2D eigenvalue weighted by Gasteiger charge is -2.32. The number of aromatic nitrogens is 2. The van der Waals surface area contributed by atoms with Crippen LogP contribution in [0.3, 0.4) is 0 Å². The fraction of sp³-hybridized carbons (Fsp3) is 0.500. The van der Waals surface area contributed by atoms with Gasteiger partial charge in [-0.3, -0.25) is 9.59 Å². The number of nitrogens with one attached hydrogen (secondary N) is 1. The van der Waals surface area contributed by atoms with E-state index in [0.717, 1.165) is 12.8 Å². The van der Waals surface area contributed by atoms with Crippen molar-refractivity contribution in [1.82, 2.24) is 20.4 Å². The summed E-state index contributed by atoms with van der Waals surface area (Å²) in [6.45, 7) is 0.460. The van der Waals surface area contributed by atoms with E-state index < -0.39 is 0 Å². The third-order valence-corrected chi connectivity index (χ3v) is 3.30. The van der Waals surface area contributed by atoms with E-state index >= 15 is 0 Å². The second-order valence-corrected chi connectivity index (χ2v) is 4.79. The van der Waals surface area contributed by atoms with Crippen LogP contribution in [0.15, 0.2) is 18.3 Å². The summed E-state index contributed by atoms with van der Waals surface area (Å²) in [5, 5.41) is 10.5. The van der Waals surface area contributed by atoms with Gasteiger partial charge in [-0.2, -0.15) is 10.2 Å². The monoisotopic (exact) mass is 246 g/mol. The Morgan fingerprint density at radius 1 is 1.39 bits per heavy atom. The third-order valence-electron chi connectivity index (χ3n) is 3.30. The van der Waals surface area contributed by atoms with Crippen molar-refractivity contribution in [2.75, 3.05) is 6.54 Å². The summed E-state index contributed by atoms with van der Waals surface area (Å²) in [6, 6.07) is 3.25. The molecule has 0 radical (unpaired) electrons. The topological polar surface area (TPSA) is 75.2 Å². The molecule has 1 atom stereocenters. The van der Waals surface area contributed by atoms with Gasteiger partial charge >= 0.3 is 0 Å². The van der Waals surface area contributed by atoms with Crippen LogP contribution in [-0.2, 0) is 16.1 Å². The van der Waals surface area contributed by atoms with Crippen LogP contribution in [-0.4, -0.2) is 39.5 Å². The number of hydrogen-bond acceptors (Lipinski definition) is 4. The van der Waals surface area contributed by atoms with Crippen LogP contribution in [0.2, 0.25) is 0 Å². The molecule has 6 heteroatoms. The zero-order chi connectivity index (χ0) is 12.5. The van der Waals surface area contributed by atoms with Crippen molar-refractivity contribution < 1.29 is 9.59 Å². The maximum atomic E-state index is 12.2. The van der Waals surface area contributed by atoms with E-state index in [-0.39, 0.29) is 24.4 Å². The number of piperazine rings is 1. The van der Waals surface area contributed by atoms with Gasteiger partial charge in [-0.1, -0.05) is 0 Å². The Balaban J connectivity index is 1.74. The molecule has 1 aliphatic heterocycles.